The summed E-state index contributed by atoms with van der Waals surface area (Å²) in [6.07, 6.45) is -0.942. The Labute approximate surface area is 186 Å². The molecule has 0 saturated heterocycles. The number of halogens is 2. The summed E-state index contributed by atoms with van der Waals surface area (Å²) in [6.45, 7) is -0.0797. The number of para-hydroxylation sites is 1. The van der Waals surface area contributed by atoms with E-state index < -0.39 is 12.0 Å². The van der Waals surface area contributed by atoms with Crippen molar-refractivity contribution < 1.29 is 19.1 Å². The van der Waals surface area contributed by atoms with Crippen LogP contribution in [-0.4, -0.2) is 35.3 Å². The van der Waals surface area contributed by atoms with Crippen molar-refractivity contribution in [3.05, 3.63) is 70.4 Å². The van der Waals surface area contributed by atoms with Crippen LogP contribution in [0.4, 0.5) is 0 Å². The summed E-state index contributed by atoms with van der Waals surface area (Å²) in [7, 11) is 0. The zero-order valence-corrected chi connectivity index (χ0v) is 17.8. The first-order valence-electron chi connectivity index (χ1n) is 9.00. The minimum atomic E-state index is -0.942. The molecule has 2 heterocycles. The molecular weight excluding hydrogens is 447 g/mol. The second-order valence-electron chi connectivity index (χ2n) is 6.38. The molecule has 2 aromatic carbocycles. The fourth-order valence-corrected chi connectivity index (χ4v) is 3.96. The molecule has 0 aliphatic carbocycles. The highest BCUT2D eigenvalue weighted by Crippen LogP contribution is 2.32. The topological polar surface area (TPSA) is 84.6 Å². The van der Waals surface area contributed by atoms with E-state index in [1.54, 1.807) is 30.3 Å². The Balaban J connectivity index is 1.32. The standard InChI is InChI=1S/C21H16Cl2N2O4S/c22-13-4-3-6-15(19(13)23)28-11-12(26)10-24-20(27)16-8-9-17(29-16)21-25-14-5-1-2-7-18(14)30-21/h1-9,12,26H,10-11H2,(H,24,27). The van der Waals surface area contributed by atoms with E-state index >= 15 is 0 Å². The minimum Gasteiger partial charge on any atom is -0.489 e. The Morgan fingerprint density at radius 3 is 2.83 bits per heavy atom. The predicted octanol–water partition coefficient (Wildman–Crippen LogP) is 5.03. The predicted molar refractivity (Wildman–Crippen MR) is 118 cm³/mol. The number of carbonyl (C=O) groups is 1. The number of aromatic nitrogens is 1. The molecule has 1 amide bonds. The summed E-state index contributed by atoms with van der Waals surface area (Å²) < 4.78 is 12.1. The van der Waals surface area contributed by atoms with Gasteiger partial charge in [-0.05, 0) is 36.4 Å². The number of aliphatic hydroxyl groups is 1. The molecule has 9 heteroatoms. The van der Waals surface area contributed by atoms with Crippen LogP contribution in [0.3, 0.4) is 0 Å². The quantitative estimate of drug-likeness (QED) is 0.402. The number of ether oxygens (including phenoxy) is 1. The Hall–Kier alpha value is -2.58. The molecule has 154 valence electrons. The van der Waals surface area contributed by atoms with Crippen LogP contribution in [0, 0.1) is 0 Å². The Morgan fingerprint density at radius 1 is 1.17 bits per heavy atom. The number of hydrogen-bond donors (Lipinski definition) is 2. The summed E-state index contributed by atoms with van der Waals surface area (Å²) in [5.41, 5.74) is 0.878. The molecule has 0 aliphatic rings. The lowest BCUT2D eigenvalue weighted by atomic mass is 10.3. The van der Waals surface area contributed by atoms with Crippen LogP contribution in [0.25, 0.3) is 21.0 Å². The molecule has 2 aromatic heterocycles. The zero-order chi connectivity index (χ0) is 21.1. The SMILES string of the molecule is O=C(NCC(O)COc1cccc(Cl)c1Cl)c1ccc(-c2nc3ccccc3s2)o1. The monoisotopic (exact) mass is 462 g/mol. The Morgan fingerprint density at radius 2 is 2.00 bits per heavy atom. The van der Waals surface area contributed by atoms with E-state index in [4.69, 9.17) is 32.4 Å². The Kier molecular flexibility index (Phi) is 6.24. The molecule has 4 aromatic rings. The number of nitrogens with zero attached hydrogens (tertiary/aromatic N) is 1. The fourth-order valence-electron chi connectivity index (χ4n) is 2.69. The number of amides is 1. The third-order valence-corrected chi connectivity index (χ3v) is 6.03. The summed E-state index contributed by atoms with van der Waals surface area (Å²) in [5.74, 6) is 0.569. The van der Waals surface area contributed by atoms with Crippen LogP contribution in [0.15, 0.2) is 59.0 Å². The summed E-state index contributed by atoms with van der Waals surface area (Å²) in [4.78, 5) is 16.8. The Bertz CT molecular complexity index is 1160. The molecule has 4 rings (SSSR count). The van der Waals surface area contributed by atoms with Gasteiger partial charge in [0.2, 0.25) is 0 Å². The highest BCUT2D eigenvalue weighted by molar-refractivity contribution is 7.21. The lowest BCUT2D eigenvalue weighted by Gasteiger charge is -2.14. The van der Waals surface area contributed by atoms with Gasteiger partial charge < -0.3 is 19.6 Å². The van der Waals surface area contributed by atoms with Crippen molar-refractivity contribution in [1.29, 1.82) is 0 Å². The van der Waals surface area contributed by atoms with Crippen molar-refractivity contribution in [3.8, 4) is 16.5 Å². The van der Waals surface area contributed by atoms with Gasteiger partial charge in [0, 0.05) is 6.54 Å². The van der Waals surface area contributed by atoms with Crippen molar-refractivity contribution in [3.63, 3.8) is 0 Å². The third kappa shape index (κ3) is 4.60. The summed E-state index contributed by atoms with van der Waals surface area (Å²) >= 11 is 13.4. The average Bonchev–Trinajstić information content (AvgIpc) is 3.40. The van der Waals surface area contributed by atoms with Gasteiger partial charge in [-0.25, -0.2) is 4.98 Å². The molecule has 0 fully saturated rings. The van der Waals surface area contributed by atoms with Gasteiger partial charge in [0.05, 0.1) is 15.2 Å². The van der Waals surface area contributed by atoms with E-state index in [0.717, 1.165) is 10.2 Å². The maximum atomic E-state index is 12.3. The number of furan rings is 1. The van der Waals surface area contributed by atoms with Crippen LogP contribution >= 0.6 is 34.5 Å². The molecule has 0 spiro atoms. The van der Waals surface area contributed by atoms with Crippen molar-refractivity contribution in [2.75, 3.05) is 13.2 Å². The molecule has 6 nitrogen and oxygen atoms in total. The molecule has 0 radical (unpaired) electrons. The van der Waals surface area contributed by atoms with E-state index in [1.807, 2.05) is 24.3 Å². The fraction of sp³-hybridized carbons (Fsp3) is 0.143. The maximum Gasteiger partial charge on any atom is 0.287 e. The number of rotatable bonds is 7. The van der Waals surface area contributed by atoms with Crippen LogP contribution in [0.1, 0.15) is 10.6 Å². The lowest BCUT2D eigenvalue weighted by molar-refractivity contribution is 0.0823. The molecule has 2 N–H and O–H groups in total. The first kappa shape index (κ1) is 20.7. The average molecular weight is 463 g/mol. The first-order valence-corrected chi connectivity index (χ1v) is 10.6. The highest BCUT2D eigenvalue weighted by atomic mass is 35.5. The third-order valence-electron chi connectivity index (χ3n) is 4.18. The van der Waals surface area contributed by atoms with Gasteiger partial charge in [0.15, 0.2) is 16.5 Å². The molecular formula is C21H16Cl2N2O4S. The van der Waals surface area contributed by atoms with Gasteiger partial charge >= 0.3 is 0 Å². The normalized spacial score (nSPS) is 12.1. The molecule has 0 aliphatic heterocycles. The van der Waals surface area contributed by atoms with Crippen LogP contribution in [0.5, 0.6) is 5.75 Å². The summed E-state index contributed by atoms with van der Waals surface area (Å²) in [6, 6.07) is 16.0. The van der Waals surface area contributed by atoms with Crippen molar-refractivity contribution in [2.45, 2.75) is 6.10 Å². The molecule has 1 unspecified atom stereocenters. The van der Waals surface area contributed by atoms with E-state index in [9.17, 15) is 9.90 Å². The smallest absolute Gasteiger partial charge is 0.287 e. The number of hydrogen-bond acceptors (Lipinski definition) is 6. The number of aliphatic hydroxyl groups excluding tert-OH is 1. The van der Waals surface area contributed by atoms with E-state index in [1.165, 1.54) is 11.3 Å². The van der Waals surface area contributed by atoms with Gasteiger partial charge in [0.1, 0.15) is 23.5 Å². The van der Waals surface area contributed by atoms with Gasteiger partial charge in [0.25, 0.3) is 5.91 Å². The molecule has 1 atom stereocenters. The van der Waals surface area contributed by atoms with Gasteiger partial charge in [-0.2, -0.15) is 0 Å². The first-order chi connectivity index (χ1) is 14.5. The molecule has 30 heavy (non-hydrogen) atoms. The van der Waals surface area contributed by atoms with Gasteiger partial charge in [-0.15, -0.1) is 11.3 Å². The van der Waals surface area contributed by atoms with Gasteiger partial charge in [-0.3, -0.25) is 4.79 Å². The van der Waals surface area contributed by atoms with Crippen molar-refractivity contribution in [1.82, 2.24) is 10.3 Å². The number of carbonyl (C=O) groups excluding carboxylic acids is 1. The number of fused-ring (bicyclic) bond motifs is 1. The van der Waals surface area contributed by atoms with Crippen molar-refractivity contribution >= 4 is 50.7 Å². The largest absolute Gasteiger partial charge is 0.489 e. The van der Waals surface area contributed by atoms with Crippen molar-refractivity contribution in [2.24, 2.45) is 0 Å². The lowest BCUT2D eigenvalue weighted by Crippen LogP contribution is -2.35. The number of benzene rings is 2. The zero-order valence-electron chi connectivity index (χ0n) is 15.5. The number of thiazole rings is 1. The van der Waals surface area contributed by atoms with Crippen LogP contribution < -0.4 is 10.1 Å². The van der Waals surface area contributed by atoms with E-state index in [-0.39, 0.29) is 23.9 Å². The summed E-state index contributed by atoms with van der Waals surface area (Å²) in [5, 5.41) is 14.0. The minimum absolute atomic E-state index is 0.0197. The highest BCUT2D eigenvalue weighted by Gasteiger charge is 2.16. The second kappa shape index (κ2) is 9.06. The molecule has 0 saturated carbocycles. The van der Waals surface area contributed by atoms with Gasteiger partial charge in [-0.1, -0.05) is 41.4 Å². The van der Waals surface area contributed by atoms with E-state index in [2.05, 4.69) is 10.3 Å². The maximum absolute atomic E-state index is 12.3. The number of nitrogens with one attached hydrogen (secondary N) is 1. The molecule has 0 bridgehead atoms. The second-order valence-corrected chi connectivity index (χ2v) is 8.19. The van der Waals surface area contributed by atoms with Crippen LogP contribution in [0.2, 0.25) is 10.0 Å². The van der Waals surface area contributed by atoms with E-state index in [0.29, 0.717) is 21.5 Å². The van der Waals surface area contributed by atoms with Crippen LogP contribution in [-0.2, 0) is 0 Å².